The van der Waals surface area contributed by atoms with Gasteiger partial charge in [-0.25, -0.2) is 0 Å². The molecule has 1 aliphatic heterocycles. The van der Waals surface area contributed by atoms with Crippen molar-refractivity contribution in [3.8, 4) is 5.75 Å². The summed E-state index contributed by atoms with van der Waals surface area (Å²) in [7, 11) is 1.67. The van der Waals surface area contributed by atoms with Gasteiger partial charge in [0.1, 0.15) is 5.75 Å². The molecule has 0 radical (unpaired) electrons. The van der Waals surface area contributed by atoms with Gasteiger partial charge < -0.3 is 15.8 Å². The van der Waals surface area contributed by atoms with E-state index in [0.29, 0.717) is 17.8 Å². The summed E-state index contributed by atoms with van der Waals surface area (Å²) in [5.41, 5.74) is 8.13. The summed E-state index contributed by atoms with van der Waals surface area (Å²) in [6, 6.07) is 15.2. The molecular weight excluding hydrogens is 314 g/mol. The van der Waals surface area contributed by atoms with E-state index in [0.717, 1.165) is 18.8 Å². The van der Waals surface area contributed by atoms with Gasteiger partial charge in [0.05, 0.1) is 13.2 Å². The lowest BCUT2D eigenvalue weighted by molar-refractivity contribution is 0.0938. The molecule has 132 valence electrons. The number of nitrogens with zero attached hydrogens (tertiary/aromatic N) is 1. The number of hydrogen-bond acceptors (Lipinski definition) is 4. The summed E-state index contributed by atoms with van der Waals surface area (Å²) >= 11 is 0. The van der Waals surface area contributed by atoms with Crippen LogP contribution in [-0.2, 0) is 0 Å². The predicted octanol–water partition coefficient (Wildman–Crippen LogP) is 2.84. The molecule has 2 aromatic carbocycles. The molecule has 25 heavy (non-hydrogen) atoms. The molecule has 0 saturated carbocycles. The van der Waals surface area contributed by atoms with Gasteiger partial charge in [0.15, 0.2) is 0 Å². The number of methoxy groups -OCH3 is 1. The Morgan fingerprint density at radius 2 is 1.92 bits per heavy atom. The van der Waals surface area contributed by atoms with Gasteiger partial charge in [-0.15, -0.1) is 0 Å². The molecule has 2 aromatic rings. The second kappa shape index (κ2) is 8.03. The molecule has 1 heterocycles. The van der Waals surface area contributed by atoms with E-state index in [9.17, 15) is 4.79 Å². The number of nitrogens with two attached hydrogens (primary N) is 1. The molecule has 1 amide bonds. The molecule has 3 N–H and O–H groups in total. The van der Waals surface area contributed by atoms with Crippen molar-refractivity contribution >= 4 is 11.6 Å². The molecule has 5 nitrogen and oxygen atoms in total. The summed E-state index contributed by atoms with van der Waals surface area (Å²) < 4.78 is 5.36. The largest absolute Gasteiger partial charge is 0.497 e. The van der Waals surface area contributed by atoms with Crippen molar-refractivity contribution in [2.24, 2.45) is 0 Å². The van der Waals surface area contributed by atoms with Crippen molar-refractivity contribution < 1.29 is 9.53 Å². The molecule has 1 atom stereocenters. The second-order valence-electron chi connectivity index (χ2n) is 6.37. The van der Waals surface area contributed by atoms with Crippen LogP contribution in [0.4, 0.5) is 5.69 Å². The van der Waals surface area contributed by atoms with E-state index in [2.05, 4.69) is 22.3 Å². The molecule has 0 aliphatic carbocycles. The maximum atomic E-state index is 12.4. The van der Waals surface area contributed by atoms with Gasteiger partial charge in [-0.1, -0.05) is 12.1 Å². The van der Waals surface area contributed by atoms with Gasteiger partial charge in [0.25, 0.3) is 5.91 Å². The van der Waals surface area contributed by atoms with Crippen LogP contribution in [0.3, 0.4) is 0 Å². The van der Waals surface area contributed by atoms with Gasteiger partial charge in [-0.05, 0) is 67.9 Å². The molecule has 1 saturated heterocycles. The predicted molar refractivity (Wildman–Crippen MR) is 99.7 cm³/mol. The number of ether oxygens (including phenoxy) is 1. The first-order valence-electron chi connectivity index (χ1n) is 8.69. The third kappa shape index (κ3) is 4.31. The standard InChI is InChI=1S/C20H25N3O2/c1-25-18-6-4-5-16(13-18)19(23-11-2-3-12-23)14-22-20(24)15-7-9-17(21)10-8-15/h4-10,13,19H,2-3,11-12,14,21H2,1H3,(H,22,24). The fraction of sp³-hybridized carbons (Fsp3) is 0.350. The van der Waals surface area contributed by atoms with Crippen LogP contribution in [0.2, 0.25) is 0 Å². The highest BCUT2D eigenvalue weighted by molar-refractivity contribution is 5.94. The highest BCUT2D eigenvalue weighted by atomic mass is 16.5. The lowest BCUT2D eigenvalue weighted by Gasteiger charge is -2.28. The Morgan fingerprint density at radius 3 is 2.60 bits per heavy atom. The van der Waals surface area contributed by atoms with E-state index in [1.54, 1.807) is 31.4 Å². The number of hydrogen-bond donors (Lipinski definition) is 2. The van der Waals surface area contributed by atoms with Crippen molar-refractivity contribution in [3.63, 3.8) is 0 Å². The number of nitrogens with one attached hydrogen (secondary N) is 1. The van der Waals surface area contributed by atoms with Crippen molar-refractivity contribution in [3.05, 3.63) is 59.7 Å². The van der Waals surface area contributed by atoms with Crippen molar-refractivity contribution in [2.75, 3.05) is 32.5 Å². The maximum absolute atomic E-state index is 12.4. The van der Waals surface area contributed by atoms with Crippen LogP contribution < -0.4 is 15.8 Å². The monoisotopic (exact) mass is 339 g/mol. The minimum absolute atomic E-state index is 0.0768. The summed E-state index contributed by atoms with van der Waals surface area (Å²) in [6.45, 7) is 2.68. The van der Waals surface area contributed by atoms with E-state index in [1.807, 2.05) is 12.1 Å². The van der Waals surface area contributed by atoms with E-state index >= 15 is 0 Å². The third-order valence-electron chi connectivity index (χ3n) is 4.69. The number of likely N-dealkylation sites (tertiary alicyclic amines) is 1. The number of anilines is 1. The summed E-state index contributed by atoms with van der Waals surface area (Å²) in [6.07, 6.45) is 2.40. The highest BCUT2D eigenvalue weighted by Gasteiger charge is 2.24. The summed E-state index contributed by atoms with van der Waals surface area (Å²) in [5.74, 6) is 0.763. The van der Waals surface area contributed by atoms with E-state index in [-0.39, 0.29) is 11.9 Å². The third-order valence-corrected chi connectivity index (χ3v) is 4.69. The Kier molecular flexibility index (Phi) is 5.56. The van der Waals surface area contributed by atoms with Crippen LogP contribution in [0.1, 0.15) is 34.8 Å². The number of benzene rings is 2. The molecule has 1 fully saturated rings. The Bertz CT molecular complexity index is 709. The van der Waals surface area contributed by atoms with Crippen LogP contribution in [0.5, 0.6) is 5.75 Å². The highest BCUT2D eigenvalue weighted by Crippen LogP contribution is 2.27. The van der Waals surface area contributed by atoms with E-state index < -0.39 is 0 Å². The van der Waals surface area contributed by atoms with Crippen LogP contribution in [-0.4, -0.2) is 37.6 Å². The van der Waals surface area contributed by atoms with Crippen LogP contribution in [0, 0.1) is 0 Å². The first-order chi connectivity index (χ1) is 12.2. The zero-order chi connectivity index (χ0) is 17.6. The fourth-order valence-corrected chi connectivity index (χ4v) is 3.29. The van der Waals surface area contributed by atoms with Crippen molar-refractivity contribution in [1.29, 1.82) is 0 Å². The molecule has 5 heteroatoms. The van der Waals surface area contributed by atoms with Gasteiger partial charge in [-0.3, -0.25) is 9.69 Å². The van der Waals surface area contributed by atoms with Gasteiger partial charge in [0.2, 0.25) is 0 Å². The lowest BCUT2D eigenvalue weighted by Crippen LogP contribution is -2.36. The van der Waals surface area contributed by atoms with E-state index in [4.69, 9.17) is 10.5 Å². The smallest absolute Gasteiger partial charge is 0.251 e. The SMILES string of the molecule is COc1cccc(C(CNC(=O)c2ccc(N)cc2)N2CCCC2)c1. The second-order valence-corrected chi connectivity index (χ2v) is 6.37. The zero-order valence-electron chi connectivity index (χ0n) is 14.6. The molecular formula is C20H25N3O2. The van der Waals surface area contributed by atoms with E-state index in [1.165, 1.54) is 18.4 Å². The maximum Gasteiger partial charge on any atom is 0.251 e. The van der Waals surface area contributed by atoms with Gasteiger partial charge in [0, 0.05) is 17.8 Å². The van der Waals surface area contributed by atoms with Crippen LogP contribution in [0.25, 0.3) is 0 Å². The Hall–Kier alpha value is -2.53. The fourth-order valence-electron chi connectivity index (χ4n) is 3.29. The topological polar surface area (TPSA) is 67.6 Å². The van der Waals surface area contributed by atoms with Gasteiger partial charge >= 0.3 is 0 Å². The average molecular weight is 339 g/mol. The summed E-state index contributed by atoms with van der Waals surface area (Å²) in [4.78, 5) is 14.9. The molecule has 3 rings (SSSR count). The van der Waals surface area contributed by atoms with Crippen molar-refractivity contribution in [1.82, 2.24) is 10.2 Å². The zero-order valence-corrected chi connectivity index (χ0v) is 14.6. The Balaban J connectivity index is 1.73. The minimum Gasteiger partial charge on any atom is -0.497 e. The molecule has 0 spiro atoms. The first kappa shape index (κ1) is 17.3. The lowest BCUT2D eigenvalue weighted by atomic mass is 10.0. The Labute approximate surface area is 148 Å². The quantitative estimate of drug-likeness (QED) is 0.794. The molecule has 1 unspecified atom stereocenters. The number of nitrogen functional groups attached to an aromatic ring is 1. The number of rotatable bonds is 6. The molecule has 0 aromatic heterocycles. The minimum atomic E-state index is -0.0768. The normalized spacial score (nSPS) is 15.7. The number of carbonyl (C=O) groups is 1. The molecule has 1 aliphatic rings. The number of carbonyl (C=O) groups excluding carboxylic acids is 1. The van der Waals surface area contributed by atoms with Crippen LogP contribution >= 0.6 is 0 Å². The van der Waals surface area contributed by atoms with Crippen LogP contribution in [0.15, 0.2) is 48.5 Å². The summed E-state index contributed by atoms with van der Waals surface area (Å²) in [5, 5.41) is 3.07. The average Bonchev–Trinajstić information content (AvgIpc) is 3.17. The number of amides is 1. The molecule has 0 bridgehead atoms. The van der Waals surface area contributed by atoms with Gasteiger partial charge in [-0.2, -0.15) is 0 Å². The van der Waals surface area contributed by atoms with Crippen molar-refractivity contribution in [2.45, 2.75) is 18.9 Å². The first-order valence-corrected chi connectivity index (χ1v) is 8.69. The Morgan fingerprint density at radius 1 is 1.20 bits per heavy atom.